The molecule has 0 bridgehead atoms. The molecule has 0 radical (unpaired) electrons. The first-order valence-electron chi connectivity index (χ1n) is 4.50. The standard InChI is InChI=1S/C9H19NOS/c1-4-7(2)5-8(3)10-9(11)6-12/h7-8,12H,4-6H2,1-3H3,(H,10,11). The van der Waals surface area contributed by atoms with Crippen LogP contribution >= 0.6 is 12.6 Å². The van der Waals surface area contributed by atoms with Crippen molar-refractivity contribution in [1.82, 2.24) is 5.32 Å². The molecule has 0 aliphatic rings. The average Bonchev–Trinajstić information content (AvgIpc) is 2.03. The van der Waals surface area contributed by atoms with Gasteiger partial charge in [0.1, 0.15) is 0 Å². The smallest absolute Gasteiger partial charge is 0.229 e. The molecule has 0 spiro atoms. The number of rotatable bonds is 5. The third-order valence-corrected chi connectivity index (χ3v) is 2.29. The fraction of sp³-hybridized carbons (Fsp3) is 0.889. The van der Waals surface area contributed by atoms with Gasteiger partial charge < -0.3 is 5.32 Å². The molecule has 0 aromatic carbocycles. The molecule has 0 fully saturated rings. The number of carbonyl (C=O) groups is 1. The largest absolute Gasteiger partial charge is 0.353 e. The van der Waals surface area contributed by atoms with E-state index in [2.05, 4.69) is 31.8 Å². The summed E-state index contributed by atoms with van der Waals surface area (Å²) in [5, 5.41) is 2.88. The summed E-state index contributed by atoms with van der Waals surface area (Å²) < 4.78 is 0. The van der Waals surface area contributed by atoms with Gasteiger partial charge in [0.25, 0.3) is 0 Å². The normalized spacial score (nSPS) is 15.3. The lowest BCUT2D eigenvalue weighted by Gasteiger charge is -2.16. The van der Waals surface area contributed by atoms with Crippen LogP contribution in [-0.2, 0) is 4.79 Å². The molecule has 3 heteroatoms. The minimum absolute atomic E-state index is 0.0223. The monoisotopic (exact) mass is 189 g/mol. The molecule has 2 unspecified atom stereocenters. The maximum atomic E-state index is 10.9. The highest BCUT2D eigenvalue weighted by Crippen LogP contribution is 2.08. The van der Waals surface area contributed by atoms with Crippen LogP contribution in [0.3, 0.4) is 0 Å². The van der Waals surface area contributed by atoms with Crippen molar-refractivity contribution in [2.45, 2.75) is 39.7 Å². The number of thiol groups is 1. The highest BCUT2D eigenvalue weighted by atomic mass is 32.1. The Hall–Kier alpha value is -0.180. The molecule has 0 aromatic rings. The molecule has 0 aliphatic heterocycles. The Morgan fingerprint density at radius 3 is 2.50 bits per heavy atom. The topological polar surface area (TPSA) is 29.1 Å². The van der Waals surface area contributed by atoms with Crippen LogP contribution in [0.5, 0.6) is 0 Å². The molecule has 1 N–H and O–H groups in total. The van der Waals surface area contributed by atoms with Crippen LogP contribution in [0.1, 0.15) is 33.6 Å². The van der Waals surface area contributed by atoms with Gasteiger partial charge in [-0.25, -0.2) is 0 Å². The van der Waals surface area contributed by atoms with Crippen LogP contribution in [0.2, 0.25) is 0 Å². The van der Waals surface area contributed by atoms with Gasteiger partial charge >= 0.3 is 0 Å². The molecule has 0 saturated carbocycles. The molecule has 0 saturated heterocycles. The zero-order valence-corrected chi connectivity index (χ0v) is 9.03. The van der Waals surface area contributed by atoms with E-state index >= 15 is 0 Å². The van der Waals surface area contributed by atoms with Crippen LogP contribution < -0.4 is 5.32 Å². The van der Waals surface area contributed by atoms with Gasteiger partial charge in [0.2, 0.25) is 5.91 Å². The Bertz CT molecular complexity index is 138. The zero-order chi connectivity index (χ0) is 9.56. The maximum Gasteiger partial charge on any atom is 0.229 e. The number of hydrogen-bond acceptors (Lipinski definition) is 2. The van der Waals surface area contributed by atoms with Gasteiger partial charge in [0, 0.05) is 6.04 Å². The summed E-state index contributed by atoms with van der Waals surface area (Å²) in [6.07, 6.45) is 2.22. The predicted molar refractivity (Wildman–Crippen MR) is 55.5 cm³/mol. The van der Waals surface area contributed by atoms with Gasteiger partial charge in [0.05, 0.1) is 5.75 Å². The summed E-state index contributed by atoms with van der Waals surface area (Å²) in [7, 11) is 0. The van der Waals surface area contributed by atoms with E-state index in [0.717, 1.165) is 6.42 Å². The van der Waals surface area contributed by atoms with Crippen molar-refractivity contribution in [3.8, 4) is 0 Å². The lowest BCUT2D eigenvalue weighted by molar-refractivity contribution is -0.119. The van der Waals surface area contributed by atoms with Gasteiger partial charge in [-0.1, -0.05) is 20.3 Å². The molecular formula is C9H19NOS. The van der Waals surface area contributed by atoms with Gasteiger partial charge in [-0.3, -0.25) is 4.79 Å². The Kier molecular flexibility index (Phi) is 6.25. The van der Waals surface area contributed by atoms with Crippen molar-refractivity contribution < 1.29 is 4.79 Å². The summed E-state index contributed by atoms with van der Waals surface area (Å²) in [6.45, 7) is 6.40. The SMILES string of the molecule is CCC(C)CC(C)NC(=O)CS. The van der Waals surface area contributed by atoms with Crippen molar-refractivity contribution in [1.29, 1.82) is 0 Å². The highest BCUT2D eigenvalue weighted by Gasteiger charge is 2.08. The second-order valence-electron chi connectivity index (χ2n) is 3.38. The highest BCUT2D eigenvalue weighted by molar-refractivity contribution is 7.81. The van der Waals surface area contributed by atoms with Crippen LogP contribution in [0.4, 0.5) is 0 Å². The summed E-state index contributed by atoms with van der Waals surface area (Å²) in [5.41, 5.74) is 0. The number of hydrogen-bond donors (Lipinski definition) is 2. The molecule has 12 heavy (non-hydrogen) atoms. The van der Waals surface area contributed by atoms with Crippen molar-refractivity contribution in [2.75, 3.05) is 5.75 Å². The molecule has 0 aromatic heterocycles. The van der Waals surface area contributed by atoms with Crippen LogP contribution in [-0.4, -0.2) is 17.7 Å². The molecule has 2 atom stereocenters. The summed E-state index contributed by atoms with van der Waals surface area (Å²) in [6, 6.07) is 0.277. The molecule has 72 valence electrons. The second kappa shape index (κ2) is 6.35. The van der Waals surface area contributed by atoms with E-state index in [9.17, 15) is 4.79 Å². The molecule has 0 rings (SSSR count). The van der Waals surface area contributed by atoms with Crippen LogP contribution in [0.15, 0.2) is 0 Å². The number of amides is 1. The fourth-order valence-electron chi connectivity index (χ4n) is 1.15. The summed E-state index contributed by atoms with van der Waals surface area (Å²) >= 11 is 3.89. The van der Waals surface area contributed by atoms with Crippen molar-refractivity contribution in [3.05, 3.63) is 0 Å². The predicted octanol–water partition coefficient (Wildman–Crippen LogP) is 1.86. The lowest BCUT2D eigenvalue weighted by atomic mass is 10.0. The first kappa shape index (κ1) is 11.8. The average molecular weight is 189 g/mol. The van der Waals surface area contributed by atoms with E-state index in [-0.39, 0.29) is 17.7 Å². The first-order chi connectivity index (χ1) is 5.60. The second-order valence-corrected chi connectivity index (χ2v) is 3.69. The molecule has 0 aliphatic carbocycles. The summed E-state index contributed by atoms with van der Waals surface area (Å²) in [4.78, 5) is 10.9. The van der Waals surface area contributed by atoms with Crippen LogP contribution in [0, 0.1) is 5.92 Å². The van der Waals surface area contributed by atoms with Gasteiger partial charge in [-0.15, -0.1) is 0 Å². The van der Waals surface area contributed by atoms with E-state index < -0.39 is 0 Å². The molecule has 2 nitrogen and oxygen atoms in total. The minimum atomic E-state index is 0.0223. The Labute approximate surface area is 80.5 Å². The number of carbonyl (C=O) groups excluding carboxylic acids is 1. The first-order valence-corrected chi connectivity index (χ1v) is 5.13. The Morgan fingerprint density at radius 1 is 1.50 bits per heavy atom. The van der Waals surface area contributed by atoms with Crippen molar-refractivity contribution in [2.24, 2.45) is 5.92 Å². The van der Waals surface area contributed by atoms with Crippen molar-refractivity contribution >= 4 is 18.5 Å². The molecule has 1 amide bonds. The van der Waals surface area contributed by atoms with Gasteiger partial charge in [0.15, 0.2) is 0 Å². The molecular weight excluding hydrogens is 170 g/mol. The summed E-state index contributed by atoms with van der Waals surface area (Å²) in [5.74, 6) is 0.986. The Morgan fingerprint density at radius 2 is 2.08 bits per heavy atom. The fourth-order valence-corrected chi connectivity index (χ4v) is 1.24. The third kappa shape index (κ3) is 5.47. The van der Waals surface area contributed by atoms with E-state index in [0.29, 0.717) is 5.92 Å². The lowest BCUT2D eigenvalue weighted by Crippen LogP contribution is -2.34. The van der Waals surface area contributed by atoms with E-state index in [1.807, 2.05) is 6.92 Å². The Balaban J connectivity index is 3.58. The maximum absolute atomic E-state index is 10.9. The van der Waals surface area contributed by atoms with E-state index in [1.54, 1.807) is 0 Å². The zero-order valence-electron chi connectivity index (χ0n) is 8.13. The van der Waals surface area contributed by atoms with E-state index in [4.69, 9.17) is 0 Å². The number of nitrogens with one attached hydrogen (secondary N) is 1. The van der Waals surface area contributed by atoms with Gasteiger partial charge in [-0.2, -0.15) is 12.6 Å². The minimum Gasteiger partial charge on any atom is -0.353 e. The third-order valence-electron chi connectivity index (χ3n) is 2.00. The van der Waals surface area contributed by atoms with Gasteiger partial charge in [-0.05, 0) is 19.3 Å². The van der Waals surface area contributed by atoms with Crippen LogP contribution in [0.25, 0.3) is 0 Å². The van der Waals surface area contributed by atoms with Crippen molar-refractivity contribution in [3.63, 3.8) is 0 Å². The molecule has 0 heterocycles. The van der Waals surface area contributed by atoms with E-state index in [1.165, 1.54) is 6.42 Å². The quantitative estimate of drug-likeness (QED) is 0.635.